The van der Waals surface area contributed by atoms with Crippen LogP contribution in [0.15, 0.2) is 24.3 Å². The number of amides is 1. The second kappa shape index (κ2) is 8.32. The molecule has 110 valence electrons. The molecule has 1 amide bonds. The molecule has 5 nitrogen and oxygen atoms in total. The first-order valence-corrected chi connectivity index (χ1v) is 6.80. The normalized spacial score (nSPS) is 10.6. The summed E-state index contributed by atoms with van der Waals surface area (Å²) >= 11 is 0. The van der Waals surface area contributed by atoms with E-state index >= 15 is 0 Å². The Bertz CT molecular complexity index is 460. The average molecular weight is 278 g/mol. The molecular formula is C15H22N2O3. The average Bonchev–Trinajstić information content (AvgIpc) is 2.36. The highest BCUT2D eigenvalue weighted by Crippen LogP contribution is 2.12. The van der Waals surface area contributed by atoms with E-state index in [0.717, 1.165) is 18.5 Å². The summed E-state index contributed by atoms with van der Waals surface area (Å²) in [6.07, 6.45) is 1.57. The number of rotatable bonds is 8. The number of hydrogen-bond acceptors (Lipinski definition) is 3. The monoisotopic (exact) mass is 278 g/mol. The molecule has 0 aliphatic carbocycles. The number of hydrogen-bond donors (Lipinski definition) is 2. The van der Waals surface area contributed by atoms with Gasteiger partial charge < -0.3 is 10.4 Å². The van der Waals surface area contributed by atoms with Crippen LogP contribution in [0.5, 0.6) is 0 Å². The van der Waals surface area contributed by atoms with Gasteiger partial charge in [0.2, 0.25) is 5.91 Å². The molecular weight excluding hydrogens is 256 g/mol. The molecule has 0 saturated carbocycles. The number of benzene rings is 1. The molecule has 0 bridgehead atoms. The second-order valence-corrected chi connectivity index (χ2v) is 4.88. The molecule has 5 heteroatoms. The van der Waals surface area contributed by atoms with Crippen LogP contribution >= 0.6 is 0 Å². The largest absolute Gasteiger partial charge is 0.481 e. The van der Waals surface area contributed by atoms with Gasteiger partial charge in [-0.15, -0.1) is 0 Å². The van der Waals surface area contributed by atoms with E-state index in [1.54, 1.807) is 0 Å². The standard InChI is InChI=1S/C15H22N2O3/c1-3-9-17(2)11-14(18)16-13-6-4-5-12(10-13)7-8-15(19)20/h4-6,10H,3,7-9,11H2,1-2H3,(H,16,18)(H,19,20). The number of aliphatic carboxylic acids is 1. The Balaban J connectivity index is 2.52. The minimum atomic E-state index is -0.819. The molecule has 0 aliphatic heterocycles. The minimum absolute atomic E-state index is 0.0589. The van der Waals surface area contributed by atoms with Gasteiger partial charge in [0.1, 0.15) is 0 Å². The lowest BCUT2D eigenvalue weighted by Crippen LogP contribution is -2.30. The van der Waals surface area contributed by atoms with Gasteiger partial charge in [0, 0.05) is 12.1 Å². The number of likely N-dealkylation sites (N-methyl/N-ethyl adjacent to an activating group) is 1. The van der Waals surface area contributed by atoms with Gasteiger partial charge in [-0.3, -0.25) is 14.5 Å². The maximum absolute atomic E-state index is 11.8. The molecule has 0 radical (unpaired) electrons. The first-order valence-electron chi connectivity index (χ1n) is 6.80. The quantitative estimate of drug-likeness (QED) is 0.763. The predicted octanol–water partition coefficient (Wildman–Crippen LogP) is 1.98. The Hall–Kier alpha value is -1.88. The third-order valence-corrected chi connectivity index (χ3v) is 2.86. The molecule has 0 spiro atoms. The molecule has 1 aromatic carbocycles. The third kappa shape index (κ3) is 6.33. The van der Waals surface area contributed by atoms with Crippen molar-refractivity contribution in [3.63, 3.8) is 0 Å². The SMILES string of the molecule is CCCN(C)CC(=O)Nc1cccc(CCC(=O)O)c1. The van der Waals surface area contributed by atoms with Crippen molar-refractivity contribution in [2.45, 2.75) is 26.2 Å². The molecule has 0 saturated heterocycles. The summed E-state index contributed by atoms with van der Waals surface area (Å²) in [4.78, 5) is 24.3. The van der Waals surface area contributed by atoms with E-state index in [1.165, 1.54) is 0 Å². The first kappa shape index (κ1) is 16.2. The smallest absolute Gasteiger partial charge is 0.303 e. The number of carbonyl (C=O) groups excluding carboxylic acids is 1. The molecule has 1 aromatic rings. The predicted molar refractivity (Wildman–Crippen MR) is 78.8 cm³/mol. The van der Waals surface area contributed by atoms with Crippen molar-refractivity contribution in [2.24, 2.45) is 0 Å². The van der Waals surface area contributed by atoms with Crippen LogP contribution < -0.4 is 5.32 Å². The summed E-state index contributed by atoms with van der Waals surface area (Å²) in [5.74, 6) is -0.878. The molecule has 1 rings (SSSR count). The zero-order chi connectivity index (χ0) is 15.0. The first-order chi connectivity index (χ1) is 9.51. The lowest BCUT2D eigenvalue weighted by atomic mass is 10.1. The van der Waals surface area contributed by atoms with E-state index in [4.69, 9.17) is 5.11 Å². The zero-order valence-electron chi connectivity index (χ0n) is 12.1. The summed E-state index contributed by atoms with van der Waals surface area (Å²) in [7, 11) is 1.91. The Morgan fingerprint density at radius 2 is 2.10 bits per heavy atom. The maximum atomic E-state index is 11.8. The fourth-order valence-electron chi connectivity index (χ4n) is 1.96. The fraction of sp³-hybridized carbons (Fsp3) is 0.467. The number of anilines is 1. The van der Waals surface area contributed by atoms with Crippen molar-refractivity contribution < 1.29 is 14.7 Å². The highest BCUT2D eigenvalue weighted by atomic mass is 16.4. The number of carboxylic acids is 1. The van der Waals surface area contributed by atoms with Crippen LogP contribution in [0.4, 0.5) is 5.69 Å². The summed E-state index contributed by atoms with van der Waals surface area (Å²) in [5.41, 5.74) is 1.62. The lowest BCUT2D eigenvalue weighted by molar-refractivity contribution is -0.137. The van der Waals surface area contributed by atoms with Gasteiger partial charge in [-0.25, -0.2) is 0 Å². The summed E-state index contributed by atoms with van der Waals surface area (Å²) in [6, 6.07) is 7.31. The van der Waals surface area contributed by atoms with Crippen molar-refractivity contribution in [2.75, 3.05) is 25.5 Å². The fourth-order valence-corrected chi connectivity index (χ4v) is 1.96. The van der Waals surface area contributed by atoms with Crippen LogP contribution in [0.25, 0.3) is 0 Å². The van der Waals surface area contributed by atoms with Gasteiger partial charge in [0.05, 0.1) is 6.54 Å². The lowest BCUT2D eigenvalue weighted by Gasteiger charge is -2.15. The molecule has 0 atom stereocenters. The van der Waals surface area contributed by atoms with Gasteiger partial charge in [0.15, 0.2) is 0 Å². The topological polar surface area (TPSA) is 69.6 Å². The summed E-state index contributed by atoms with van der Waals surface area (Å²) in [6.45, 7) is 3.31. The van der Waals surface area contributed by atoms with Crippen molar-refractivity contribution in [3.8, 4) is 0 Å². The van der Waals surface area contributed by atoms with E-state index in [1.807, 2.05) is 36.2 Å². The molecule has 20 heavy (non-hydrogen) atoms. The molecule has 0 fully saturated rings. The van der Waals surface area contributed by atoms with Crippen molar-refractivity contribution in [1.82, 2.24) is 4.90 Å². The van der Waals surface area contributed by atoms with Crippen LogP contribution in [0.1, 0.15) is 25.3 Å². The highest BCUT2D eigenvalue weighted by molar-refractivity contribution is 5.92. The van der Waals surface area contributed by atoms with Gasteiger partial charge in [-0.1, -0.05) is 19.1 Å². The van der Waals surface area contributed by atoms with Crippen LogP contribution in [0.2, 0.25) is 0 Å². The van der Waals surface area contributed by atoms with Crippen LogP contribution in [0, 0.1) is 0 Å². The number of carboxylic acid groups (broad SMARTS) is 1. The second-order valence-electron chi connectivity index (χ2n) is 4.88. The molecule has 0 unspecified atom stereocenters. The van der Waals surface area contributed by atoms with Crippen LogP contribution in [0.3, 0.4) is 0 Å². The molecule has 0 aliphatic rings. The Labute approximate surface area is 119 Å². The Kier molecular flexibility index (Phi) is 6.73. The van der Waals surface area contributed by atoms with E-state index in [0.29, 0.717) is 18.7 Å². The van der Waals surface area contributed by atoms with Gasteiger partial charge in [-0.05, 0) is 44.1 Å². The van der Waals surface area contributed by atoms with E-state index < -0.39 is 5.97 Å². The van der Waals surface area contributed by atoms with E-state index in [2.05, 4.69) is 12.2 Å². The molecule has 0 aromatic heterocycles. The summed E-state index contributed by atoms with van der Waals surface area (Å²) < 4.78 is 0. The number of nitrogens with one attached hydrogen (secondary N) is 1. The Morgan fingerprint density at radius 1 is 1.35 bits per heavy atom. The van der Waals surface area contributed by atoms with Crippen molar-refractivity contribution in [1.29, 1.82) is 0 Å². The molecule has 0 heterocycles. The van der Waals surface area contributed by atoms with Crippen molar-refractivity contribution in [3.05, 3.63) is 29.8 Å². The van der Waals surface area contributed by atoms with Gasteiger partial charge in [0.25, 0.3) is 0 Å². The van der Waals surface area contributed by atoms with Crippen molar-refractivity contribution >= 4 is 17.6 Å². The van der Waals surface area contributed by atoms with Gasteiger partial charge >= 0.3 is 5.97 Å². The summed E-state index contributed by atoms with van der Waals surface area (Å²) in [5, 5.41) is 11.5. The third-order valence-electron chi connectivity index (χ3n) is 2.86. The number of aryl methyl sites for hydroxylation is 1. The van der Waals surface area contributed by atoms with Gasteiger partial charge in [-0.2, -0.15) is 0 Å². The Morgan fingerprint density at radius 3 is 2.75 bits per heavy atom. The van der Waals surface area contributed by atoms with E-state index in [9.17, 15) is 9.59 Å². The highest BCUT2D eigenvalue weighted by Gasteiger charge is 2.07. The maximum Gasteiger partial charge on any atom is 0.303 e. The van der Waals surface area contributed by atoms with Crippen LogP contribution in [-0.2, 0) is 16.0 Å². The van der Waals surface area contributed by atoms with E-state index in [-0.39, 0.29) is 12.3 Å². The van der Waals surface area contributed by atoms with Crippen LogP contribution in [-0.4, -0.2) is 42.0 Å². The number of carbonyl (C=O) groups is 2. The zero-order valence-corrected chi connectivity index (χ0v) is 12.1. The number of nitrogens with zero attached hydrogens (tertiary/aromatic N) is 1. The molecule has 2 N–H and O–H groups in total. The minimum Gasteiger partial charge on any atom is -0.481 e.